The first kappa shape index (κ1) is 16.9. The summed E-state index contributed by atoms with van der Waals surface area (Å²) in [5, 5.41) is 2.85. The molecule has 0 saturated carbocycles. The molecule has 130 valence electrons. The summed E-state index contributed by atoms with van der Waals surface area (Å²) in [6, 6.07) is 9.11. The fourth-order valence-electron chi connectivity index (χ4n) is 2.65. The highest BCUT2D eigenvalue weighted by molar-refractivity contribution is 5.99. The monoisotopic (exact) mass is 340 g/mol. The number of hydrogen-bond acceptors (Lipinski definition) is 5. The van der Waals surface area contributed by atoms with Gasteiger partial charge in [0.1, 0.15) is 5.75 Å². The van der Waals surface area contributed by atoms with E-state index in [1.165, 1.54) is 4.90 Å². The van der Waals surface area contributed by atoms with Crippen molar-refractivity contribution in [1.29, 1.82) is 0 Å². The third-order valence-electron chi connectivity index (χ3n) is 3.92. The van der Waals surface area contributed by atoms with Crippen LogP contribution in [0, 0.1) is 0 Å². The molecule has 0 atom stereocenters. The van der Waals surface area contributed by atoms with Crippen molar-refractivity contribution in [1.82, 2.24) is 9.88 Å². The quantitative estimate of drug-likeness (QED) is 0.893. The number of nitrogens with zero attached hydrogens (tertiary/aromatic N) is 3. The zero-order valence-electron chi connectivity index (χ0n) is 14.2. The number of benzene rings is 1. The van der Waals surface area contributed by atoms with E-state index in [1.807, 2.05) is 24.1 Å². The second-order valence-electron chi connectivity index (χ2n) is 6.01. The number of carbonyl (C=O) groups excluding carboxylic acids is 2. The van der Waals surface area contributed by atoms with Gasteiger partial charge in [0.2, 0.25) is 5.91 Å². The van der Waals surface area contributed by atoms with Gasteiger partial charge < -0.3 is 15.0 Å². The van der Waals surface area contributed by atoms with E-state index in [0.29, 0.717) is 23.7 Å². The maximum absolute atomic E-state index is 12.2. The van der Waals surface area contributed by atoms with Gasteiger partial charge in [-0.3, -0.25) is 19.5 Å². The van der Waals surface area contributed by atoms with Crippen LogP contribution in [0.5, 0.6) is 5.75 Å². The third-order valence-corrected chi connectivity index (χ3v) is 3.92. The van der Waals surface area contributed by atoms with Gasteiger partial charge in [0.25, 0.3) is 5.91 Å². The minimum absolute atomic E-state index is 0.0361. The van der Waals surface area contributed by atoms with Crippen LogP contribution < -0.4 is 15.0 Å². The van der Waals surface area contributed by atoms with Crippen LogP contribution in [0.3, 0.4) is 0 Å². The molecule has 1 aromatic heterocycles. The summed E-state index contributed by atoms with van der Waals surface area (Å²) >= 11 is 0. The van der Waals surface area contributed by atoms with Crippen LogP contribution in [0.25, 0.3) is 0 Å². The fraction of sp³-hybridized carbons (Fsp3) is 0.278. The Hall–Kier alpha value is -2.93. The van der Waals surface area contributed by atoms with Crippen molar-refractivity contribution in [3.05, 3.63) is 48.3 Å². The highest BCUT2D eigenvalue weighted by Crippen LogP contribution is 2.33. The molecule has 2 aromatic rings. The van der Waals surface area contributed by atoms with Gasteiger partial charge in [0.05, 0.1) is 12.2 Å². The Morgan fingerprint density at radius 3 is 3.00 bits per heavy atom. The smallest absolute Gasteiger partial charge is 0.264 e. The molecule has 0 spiro atoms. The third kappa shape index (κ3) is 4.13. The predicted molar refractivity (Wildman–Crippen MR) is 94.5 cm³/mol. The number of nitrogens with one attached hydrogen (secondary N) is 1. The molecule has 0 unspecified atom stereocenters. The maximum atomic E-state index is 12.2. The van der Waals surface area contributed by atoms with E-state index < -0.39 is 0 Å². The zero-order chi connectivity index (χ0) is 17.8. The molecule has 0 bridgehead atoms. The van der Waals surface area contributed by atoms with Gasteiger partial charge in [0, 0.05) is 31.7 Å². The highest BCUT2D eigenvalue weighted by atomic mass is 16.5. The number of rotatable bonds is 5. The van der Waals surface area contributed by atoms with E-state index in [-0.39, 0.29) is 25.0 Å². The van der Waals surface area contributed by atoms with Crippen molar-refractivity contribution >= 4 is 23.2 Å². The van der Waals surface area contributed by atoms with Gasteiger partial charge >= 0.3 is 0 Å². The van der Waals surface area contributed by atoms with Crippen molar-refractivity contribution in [2.45, 2.75) is 6.54 Å². The lowest BCUT2D eigenvalue weighted by Gasteiger charge is -2.26. The Balaban J connectivity index is 1.60. The Bertz CT molecular complexity index is 779. The first-order chi connectivity index (χ1) is 12.0. The lowest BCUT2D eigenvalue weighted by atomic mass is 10.2. The van der Waals surface area contributed by atoms with E-state index in [0.717, 1.165) is 5.56 Å². The Labute approximate surface area is 146 Å². The molecule has 0 fully saturated rings. The topological polar surface area (TPSA) is 74.8 Å². The van der Waals surface area contributed by atoms with E-state index >= 15 is 0 Å². The second-order valence-corrected chi connectivity index (χ2v) is 6.01. The SMILES string of the molecule is CN(CC(=O)Nc1ccc2c(c1)N(C)C(=O)CO2)Cc1cccnc1. The molecule has 1 aromatic carbocycles. The molecule has 0 aliphatic carbocycles. The molecule has 0 radical (unpaired) electrons. The lowest BCUT2D eigenvalue weighted by Crippen LogP contribution is -2.35. The van der Waals surface area contributed by atoms with Crippen molar-refractivity contribution in [2.24, 2.45) is 0 Å². The molecule has 1 N–H and O–H groups in total. The summed E-state index contributed by atoms with van der Waals surface area (Å²) in [4.78, 5) is 31.5. The first-order valence-electron chi connectivity index (χ1n) is 7.93. The number of carbonyl (C=O) groups is 2. The number of anilines is 2. The summed E-state index contributed by atoms with van der Waals surface area (Å²) < 4.78 is 5.38. The lowest BCUT2D eigenvalue weighted by molar-refractivity contribution is -0.121. The van der Waals surface area contributed by atoms with E-state index in [1.54, 1.807) is 37.6 Å². The van der Waals surface area contributed by atoms with Crippen molar-refractivity contribution in [2.75, 3.05) is 37.5 Å². The molecular weight excluding hydrogens is 320 g/mol. The van der Waals surface area contributed by atoms with Gasteiger partial charge in [-0.1, -0.05) is 6.07 Å². The second kappa shape index (κ2) is 7.31. The van der Waals surface area contributed by atoms with Crippen LogP contribution >= 0.6 is 0 Å². The number of pyridine rings is 1. The minimum Gasteiger partial charge on any atom is -0.482 e. The summed E-state index contributed by atoms with van der Waals surface area (Å²) in [5.41, 5.74) is 2.32. The number of likely N-dealkylation sites (N-methyl/N-ethyl adjacent to an activating group) is 2. The zero-order valence-corrected chi connectivity index (χ0v) is 14.2. The van der Waals surface area contributed by atoms with Crippen LogP contribution in [-0.2, 0) is 16.1 Å². The number of hydrogen-bond donors (Lipinski definition) is 1. The van der Waals surface area contributed by atoms with Gasteiger partial charge in [-0.25, -0.2) is 0 Å². The largest absolute Gasteiger partial charge is 0.482 e. The molecule has 3 rings (SSSR count). The van der Waals surface area contributed by atoms with E-state index in [2.05, 4.69) is 10.3 Å². The van der Waals surface area contributed by atoms with Crippen LogP contribution in [0.2, 0.25) is 0 Å². The minimum atomic E-state index is -0.128. The van der Waals surface area contributed by atoms with Gasteiger partial charge in [0.15, 0.2) is 6.61 Å². The van der Waals surface area contributed by atoms with Crippen molar-refractivity contribution in [3.63, 3.8) is 0 Å². The molecular formula is C18H20N4O3. The van der Waals surface area contributed by atoms with Crippen LogP contribution in [-0.4, -0.2) is 48.9 Å². The average molecular weight is 340 g/mol. The van der Waals surface area contributed by atoms with E-state index in [4.69, 9.17) is 4.74 Å². The molecule has 1 aliphatic rings. The molecule has 2 heterocycles. The fourth-order valence-corrected chi connectivity index (χ4v) is 2.65. The van der Waals surface area contributed by atoms with Crippen LogP contribution in [0.4, 0.5) is 11.4 Å². The summed E-state index contributed by atoms with van der Waals surface area (Å²) in [5.74, 6) is 0.387. The number of aromatic nitrogens is 1. The molecule has 2 amide bonds. The van der Waals surface area contributed by atoms with Crippen LogP contribution in [0.15, 0.2) is 42.7 Å². The van der Waals surface area contributed by atoms with Crippen molar-refractivity contribution in [3.8, 4) is 5.75 Å². The highest BCUT2D eigenvalue weighted by Gasteiger charge is 2.22. The van der Waals surface area contributed by atoms with Gasteiger partial charge in [-0.15, -0.1) is 0 Å². The Kier molecular flexibility index (Phi) is 4.95. The molecule has 7 heteroatoms. The number of amides is 2. The average Bonchev–Trinajstić information content (AvgIpc) is 2.59. The number of fused-ring (bicyclic) bond motifs is 1. The van der Waals surface area contributed by atoms with Crippen LogP contribution in [0.1, 0.15) is 5.56 Å². The molecule has 0 saturated heterocycles. The van der Waals surface area contributed by atoms with Crippen molar-refractivity contribution < 1.29 is 14.3 Å². The molecule has 1 aliphatic heterocycles. The summed E-state index contributed by atoms with van der Waals surface area (Å²) in [6.45, 7) is 0.919. The van der Waals surface area contributed by atoms with Gasteiger partial charge in [-0.2, -0.15) is 0 Å². The number of ether oxygens (including phenoxy) is 1. The molecule has 25 heavy (non-hydrogen) atoms. The normalized spacial score (nSPS) is 13.4. The predicted octanol–water partition coefficient (Wildman–Crippen LogP) is 1.51. The van der Waals surface area contributed by atoms with Gasteiger partial charge in [-0.05, 0) is 36.9 Å². The summed E-state index contributed by atoms with van der Waals surface area (Å²) in [6.07, 6.45) is 3.50. The maximum Gasteiger partial charge on any atom is 0.264 e. The Morgan fingerprint density at radius 2 is 2.24 bits per heavy atom. The first-order valence-corrected chi connectivity index (χ1v) is 7.93. The summed E-state index contributed by atoms with van der Waals surface area (Å²) in [7, 11) is 3.57. The molecule has 7 nitrogen and oxygen atoms in total. The standard InChI is InChI=1S/C18H20N4O3/c1-21(10-13-4-3-7-19-9-13)11-17(23)20-14-5-6-16-15(8-14)22(2)18(24)12-25-16/h3-9H,10-12H2,1-2H3,(H,20,23). The Morgan fingerprint density at radius 1 is 1.40 bits per heavy atom. The van der Waals surface area contributed by atoms with E-state index in [9.17, 15) is 9.59 Å².